The van der Waals surface area contributed by atoms with Crippen LogP contribution in [0.4, 0.5) is 10.5 Å². The van der Waals surface area contributed by atoms with Crippen LogP contribution in [-0.2, 0) is 19.1 Å². The SMILES string of the molecule is CCOC(=O)CON=C(c1ccccc1)c1ccc(NC(=O)OC(C)(C)C)cc1. The molecule has 0 heterocycles. The Hall–Kier alpha value is -3.35. The zero-order chi connectivity index (χ0) is 21.3. The van der Waals surface area contributed by atoms with Gasteiger partial charge in [-0.25, -0.2) is 9.59 Å². The molecule has 0 aromatic heterocycles. The Balaban J connectivity index is 2.16. The van der Waals surface area contributed by atoms with Crippen LogP contribution in [-0.4, -0.2) is 36.6 Å². The first-order chi connectivity index (χ1) is 13.8. The van der Waals surface area contributed by atoms with Crippen molar-refractivity contribution in [2.45, 2.75) is 33.3 Å². The maximum atomic E-state index is 11.9. The number of oxime groups is 1. The summed E-state index contributed by atoms with van der Waals surface area (Å²) in [7, 11) is 0. The maximum Gasteiger partial charge on any atom is 0.412 e. The minimum absolute atomic E-state index is 0.275. The number of esters is 1. The molecule has 0 saturated carbocycles. The first-order valence-electron chi connectivity index (χ1n) is 9.30. The molecule has 0 fully saturated rings. The monoisotopic (exact) mass is 398 g/mol. The summed E-state index contributed by atoms with van der Waals surface area (Å²) in [4.78, 5) is 28.6. The highest BCUT2D eigenvalue weighted by atomic mass is 16.7. The standard InChI is InChI=1S/C22H26N2O5/c1-5-27-19(25)15-28-24-20(16-9-7-6-8-10-16)17-11-13-18(14-12-17)23-21(26)29-22(2,3)4/h6-14H,5,15H2,1-4H3,(H,23,26). The molecule has 0 atom stereocenters. The Bertz CT molecular complexity index is 840. The van der Waals surface area contributed by atoms with E-state index < -0.39 is 17.7 Å². The molecule has 7 heteroatoms. The molecule has 0 radical (unpaired) electrons. The average molecular weight is 398 g/mol. The molecule has 29 heavy (non-hydrogen) atoms. The number of anilines is 1. The van der Waals surface area contributed by atoms with Gasteiger partial charge in [0.1, 0.15) is 11.3 Å². The number of nitrogens with zero attached hydrogens (tertiary/aromatic N) is 1. The second-order valence-electron chi connectivity index (χ2n) is 7.09. The summed E-state index contributed by atoms with van der Waals surface area (Å²) in [5, 5.41) is 6.81. The topological polar surface area (TPSA) is 86.2 Å². The fourth-order valence-corrected chi connectivity index (χ4v) is 2.35. The molecular formula is C22H26N2O5. The predicted molar refractivity (Wildman–Crippen MR) is 111 cm³/mol. The average Bonchev–Trinajstić information content (AvgIpc) is 2.65. The van der Waals surface area contributed by atoms with Crippen molar-refractivity contribution in [2.75, 3.05) is 18.5 Å². The van der Waals surface area contributed by atoms with Crippen LogP contribution in [0.5, 0.6) is 0 Å². The molecular weight excluding hydrogens is 372 g/mol. The van der Waals surface area contributed by atoms with Crippen LogP contribution < -0.4 is 5.32 Å². The van der Waals surface area contributed by atoms with Gasteiger partial charge in [-0.3, -0.25) is 5.32 Å². The van der Waals surface area contributed by atoms with E-state index in [2.05, 4.69) is 10.5 Å². The Morgan fingerprint density at radius 1 is 0.966 bits per heavy atom. The van der Waals surface area contributed by atoms with Gasteiger partial charge < -0.3 is 14.3 Å². The van der Waals surface area contributed by atoms with Gasteiger partial charge in [-0.15, -0.1) is 0 Å². The van der Waals surface area contributed by atoms with Crippen LogP contribution in [0.1, 0.15) is 38.8 Å². The third-order valence-corrected chi connectivity index (χ3v) is 3.49. The normalized spacial score (nSPS) is 11.5. The number of nitrogens with one attached hydrogen (secondary N) is 1. The smallest absolute Gasteiger partial charge is 0.412 e. The van der Waals surface area contributed by atoms with E-state index in [0.29, 0.717) is 11.4 Å². The van der Waals surface area contributed by atoms with E-state index in [9.17, 15) is 9.59 Å². The Morgan fingerprint density at radius 2 is 1.59 bits per heavy atom. The van der Waals surface area contributed by atoms with E-state index in [1.807, 2.05) is 30.3 Å². The molecule has 0 unspecified atom stereocenters. The Labute approximate surface area is 170 Å². The third kappa shape index (κ3) is 7.65. The first kappa shape index (κ1) is 21.9. The van der Waals surface area contributed by atoms with Gasteiger partial charge in [0.15, 0.2) is 0 Å². The minimum Gasteiger partial charge on any atom is -0.463 e. The van der Waals surface area contributed by atoms with Crippen molar-refractivity contribution in [3.05, 3.63) is 65.7 Å². The highest BCUT2D eigenvalue weighted by molar-refractivity contribution is 6.12. The molecule has 1 amide bonds. The fourth-order valence-electron chi connectivity index (χ4n) is 2.35. The van der Waals surface area contributed by atoms with E-state index in [1.54, 1.807) is 52.0 Å². The summed E-state index contributed by atoms with van der Waals surface area (Å²) < 4.78 is 10.1. The van der Waals surface area contributed by atoms with Gasteiger partial charge in [0.05, 0.1) is 6.61 Å². The third-order valence-electron chi connectivity index (χ3n) is 3.49. The number of carbonyl (C=O) groups is 2. The number of hydrogen-bond acceptors (Lipinski definition) is 6. The molecule has 0 aliphatic heterocycles. The van der Waals surface area contributed by atoms with E-state index in [0.717, 1.165) is 11.1 Å². The molecule has 0 spiro atoms. The van der Waals surface area contributed by atoms with Crippen molar-refractivity contribution in [2.24, 2.45) is 5.16 Å². The van der Waals surface area contributed by atoms with Crippen molar-refractivity contribution in [3.8, 4) is 0 Å². The molecule has 1 N–H and O–H groups in total. The van der Waals surface area contributed by atoms with Gasteiger partial charge in [0, 0.05) is 16.8 Å². The van der Waals surface area contributed by atoms with E-state index in [1.165, 1.54) is 0 Å². The van der Waals surface area contributed by atoms with Crippen LogP contribution in [0, 0.1) is 0 Å². The lowest BCUT2D eigenvalue weighted by Gasteiger charge is -2.19. The summed E-state index contributed by atoms with van der Waals surface area (Å²) in [6, 6.07) is 16.5. The van der Waals surface area contributed by atoms with Crippen molar-refractivity contribution >= 4 is 23.5 Å². The van der Waals surface area contributed by atoms with Crippen molar-refractivity contribution in [1.82, 2.24) is 0 Å². The lowest BCUT2D eigenvalue weighted by molar-refractivity contribution is -0.148. The molecule has 0 saturated heterocycles. The summed E-state index contributed by atoms with van der Waals surface area (Å²) in [6.07, 6.45) is -0.528. The van der Waals surface area contributed by atoms with E-state index in [-0.39, 0.29) is 13.2 Å². The van der Waals surface area contributed by atoms with E-state index in [4.69, 9.17) is 14.3 Å². The van der Waals surface area contributed by atoms with Crippen LogP contribution in [0.3, 0.4) is 0 Å². The molecule has 0 aliphatic carbocycles. The van der Waals surface area contributed by atoms with Crippen LogP contribution in [0.2, 0.25) is 0 Å². The highest BCUT2D eigenvalue weighted by Crippen LogP contribution is 2.16. The summed E-state index contributed by atoms with van der Waals surface area (Å²) >= 11 is 0. The Kier molecular flexibility index (Phi) is 7.77. The van der Waals surface area contributed by atoms with Crippen LogP contribution >= 0.6 is 0 Å². The van der Waals surface area contributed by atoms with Gasteiger partial charge in [0.25, 0.3) is 0 Å². The highest BCUT2D eigenvalue weighted by Gasteiger charge is 2.16. The van der Waals surface area contributed by atoms with Gasteiger partial charge in [0.2, 0.25) is 6.61 Å². The van der Waals surface area contributed by atoms with Crippen LogP contribution in [0.15, 0.2) is 59.8 Å². The van der Waals surface area contributed by atoms with Crippen molar-refractivity contribution < 1.29 is 23.9 Å². The van der Waals surface area contributed by atoms with E-state index >= 15 is 0 Å². The lowest BCUT2D eigenvalue weighted by atomic mass is 10.0. The van der Waals surface area contributed by atoms with Crippen LogP contribution in [0.25, 0.3) is 0 Å². The molecule has 2 aromatic rings. The molecule has 154 valence electrons. The van der Waals surface area contributed by atoms with Gasteiger partial charge >= 0.3 is 12.1 Å². The minimum atomic E-state index is -0.576. The zero-order valence-electron chi connectivity index (χ0n) is 17.1. The van der Waals surface area contributed by atoms with Gasteiger partial charge in [-0.05, 0) is 39.8 Å². The number of rotatable bonds is 7. The predicted octanol–water partition coefficient (Wildman–Crippen LogP) is 4.37. The summed E-state index contributed by atoms with van der Waals surface area (Å²) in [5.74, 6) is -0.486. The maximum absolute atomic E-state index is 11.9. The fraction of sp³-hybridized carbons (Fsp3) is 0.318. The lowest BCUT2D eigenvalue weighted by Crippen LogP contribution is -2.27. The largest absolute Gasteiger partial charge is 0.463 e. The van der Waals surface area contributed by atoms with Crippen molar-refractivity contribution in [3.63, 3.8) is 0 Å². The molecule has 2 aromatic carbocycles. The van der Waals surface area contributed by atoms with Crippen molar-refractivity contribution in [1.29, 1.82) is 0 Å². The van der Waals surface area contributed by atoms with Gasteiger partial charge in [-0.2, -0.15) is 0 Å². The molecule has 0 aliphatic rings. The molecule has 7 nitrogen and oxygen atoms in total. The summed E-state index contributed by atoms with van der Waals surface area (Å²) in [5.41, 5.74) is 2.15. The number of carbonyl (C=O) groups excluding carboxylic acids is 2. The zero-order valence-corrected chi connectivity index (χ0v) is 17.1. The summed E-state index contributed by atoms with van der Waals surface area (Å²) in [6.45, 7) is 7.13. The number of hydrogen-bond donors (Lipinski definition) is 1. The van der Waals surface area contributed by atoms with Gasteiger partial charge in [-0.1, -0.05) is 47.6 Å². The first-order valence-corrected chi connectivity index (χ1v) is 9.30. The second-order valence-corrected chi connectivity index (χ2v) is 7.09. The Morgan fingerprint density at radius 3 is 2.17 bits per heavy atom. The quantitative estimate of drug-likeness (QED) is 0.425. The second kappa shape index (κ2) is 10.3. The molecule has 2 rings (SSSR count). The number of ether oxygens (including phenoxy) is 2. The number of amides is 1. The number of benzene rings is 2. The molecule has 0 bridgehead atoms.